The number of hydrogen-bond donors (Lipinski definition) is 1. The number of nitrogens with two attached hydrogens (primary N) is 1. The summed E-state index contributed by atoms with van der Waals surface area (Å²) in [5.74, 6) is 0.885. The molecule has 1 heterocycles. The maximum atomic E-state index is 5.83. The fourth-order valence-corrected chi connectivity index (χ4v) is 2.49. The zero-order valence-corrected chi connectivity index (χ0v) is 11.1. The molecule has 2 N–H and O–H groups in total. The zero-order chi connectivity index (χ0) is 11.8. The van der Waals surface area contributed by atoms with Gasteiger partial charge in [0.15, 0.2) is 0 Å². The molecule has 0 radical (unpaired) electrons. The molecule has 0 aliphatic heterocycles. The number of hydrogen-bond acceptors (Lipinski definition) is 2. The van der Waals surface area contributed by atoms with Gasteiger partial charge in [0.2, 0.25) is 0 Å². The molecule has 0 fully saturated rings. The molecule has 17 heavy (non-hydrogen) atoms. The molecule has 84 valence electrons. The maximum Gasteiger partial charge on any atom is 0.136 e. The number of nitrogen functional groups attached to an aromatic ring is 1. The minimum Gasteiger partial charge on any atom is -0.456 e. The summed E-state index contributed by atoms with van der Waals surface area (Å²) in [7, 11) is 0. The smallest absolute Gasteiger partial charge is 0.136 e. The minimum atomic E-state index is 0.723. The third-order valence-corrected chi connectivity index (χ3v) is 3.62. The summed E-state index contributed by atoms with van der Waals surface area (Å²) < 4.78 is 7.01. The Balaban J connectivity index is 2.22. The highest BCUT2D eigenvalue weighted by atomic mass is 127. The standard InChI is InChI=1S/C14H10INO/c15-12-4-2-1-3-11(12)14-7-9-5-6-10(16)8-13(9)17-14/h1-8H,16H2. The number of benzene rings is 2. The largest absolute Gasteiger partial charge is 0.456 e. The predicted octanol–water partition coefficient (Wildman–Crippen LogP) is 4.29. The zero-order valence-electron chi connectivity index (χ0n) is 8.98. The third kappa shape index (κ3) is 1.91. The molecule has 2 aromatic carbocycles. The van der Waals surface area contributed by atoms with Gasteiger partial charge in [0, 0.05) is 26.3 Å². The van der Waals surface area contributed by atoms with Gasteiger partial charge >= 0.3 is 0 Å². The lowest BCUT2D eigenvalue weighted by Gasteiger charge is -1.98. The Bertz CT molecular complexity index is 688. The van der Waals surface area contributed by atoms with Gasteiger partial charge in [-0.2, -0.15) is 0 Å². The Kier molecular flexibility index (Phi) is 2.55. The van der Waals surface area contributed by atoms with Crippen LogP contribution in [-0.4, -0.2) is 0 Å². The van der Waals surface area contributed by atoms with Gasteiger partial charge in [-0.25, -0.2) is 0 Å². The van der Waals surface area contributed by atoms with Crippen molar-refractivity contribution >= 4 is 39.2 Å². The van der Waals surface area contributed by atoms with Crippen molar-refractivity contribution in [2.45, 2.75) is 0 Å². The summed E-state index contributed by atoms with van der Waals surface area (Å²) in [6.45, 7) is 0. The van der Waals surface area contributed by atoms with E-state index >= 15 is 0 Å². The van der Waals surface area contributed by atoms with Gasteiger partial charge in [-0.1, -0.05) is 18.2 Å². The highest BCUT2D eigenvalue weighted by molar-refractivity contribution is 14.1. The van der Waals surface area contributed by atoms with Gasteiger partial charge in [0.1, 0.15) is 11.3 Å². The van der Waals surface area contributed by atoms with Crippen molar-refractivity contribution in [1.82, 2.24) is 0 Å². The third-order valence-electron chi connectivity index (χ3n) is 2.68. The molecule has 0 spiro atoms. The Morgan fingerprint density at radius 2 is 1.82 bits per heavy atom. The van der Waals surface area contributed by atoms with E-state index in [4.69, 9.17) is 10.2 Å². The van der Waals surface area contributed by atoms with E-state index in [2.05, 4.69) is 34.7 Å². The highest BCUT2D eigenvalue weighted by Gasteiger charge is 2.08. The number of fused-ring (bicyclic) bond motifs is 1. The van der Waals surface area contributed by atoms with Crippen LogP contribution in [0.2, 0.25) is 0 Å². The van der Waals surface area contributed by atoms with Crippen molar-refractivity contribution in [3.63, 3.8) is 0 Å². The van der Waals surface area contributed by atoms with Gasteiger partial charge in [-0.15, -0.1) is 0 Å². The number of halogens is 1. The maximum absolute atomic E-state index is 5.83. The number of anilines is 1. The Morgan fingerprint density at radius 1 is 1.00 bits per heavy atom. The van der Waals surface area contributed by atoms with Gasteiger partial charge in [0.25, 0.3) is 0 Å². The lowest BCUT2D eigenvalue weighted by atomic mass is 10.1. The van der Waals surface area contributed by atoms with E-state index in [0.29, 0.717) is 0 Å². The lowest BCUT2D eigenvalue weighted by Crippen LogP contribution is -1.81. The van der Waals surface area contributed by atoms with Gasteiger partial charge < -0.3 is 10.2 Å². The minimum absolute atomic E-state index is 0.723. The molecule has 3 rings (SSSR count). The molecule has 0 saturated heterocycles. The van der Waals surface area contributed by atoms with E-state index in [9.17, 15) is 0 Å². The van der Waals surface area contributed by atoms with Crippen LogP contribution in [0.25, 0.3) is 22.3 Å². The fraction of sp³-hybridized carbons (Fsp3) is 0. The molecule has 0 bridgehead atoms. The highest BCUT2D eigenvalue weighted by Crippen LogP contribution is 2.31. The average molecular weight is 335 g/mol. The lowest BCUT2D eigenvalue weighted by molar-refractivity contribution is 0.631. The molecule has 0 unspecified atom stereocenters. The van der Waals surface area contributed by atoms with Crippen LogP contribution in [0.1, 0.15) is 0 Å². The summed E-state index contributed by atoms with van der Waals surface area (Å²) in [6, 6.07) is 15.9. The van der Waals surface area contributed by atoms with Crippen molar-refractivity contribution in [1.29, 1.82) is 0 Å². The fourth-order valence-electron chi connectivity index (χ4n) is 1.84. The quantitative estimate of drug-likeness (QED) is 0.532. The van der Waals surface area contributed by atoms with E-state index in [1.54, 1.807) is 0 Å². The molecular weight excluding hydrogens is 325 g/mol. The summed E-state index contributed by atoms with van der Waals surface area (Å²) in [5, 5.41) is 1.08. The molecule has 3 aromatic rings. The second-order valence-corrected chi connectivity index (χ2v) is 5.05. The van der Waals surface area contributed by atoms with Crippen LogP contribution in [0.5, 0.6) is 0 Å². The molecular formula is C14H10INO. The molecule has 0 aliphatic carbocycles. The van der Waals surface area contributed by atoms with Gasteiger partial charge in [-0.3, -0.25) is 0 Å². The molecule has 0 saturated carbocycles. The summed E-state index contributed by atoms with van der Waals surface area (Å²) in [6.07, 6.45) is 0. The normalized spacial score (nSPS) is 10.9. The first-order valence-electron chi connectivity index (χ1n) is 5.28. The number of rotatable bonds is 1. The topological polar surface area (TPSA) is 39.2 Å². The first-order valence-corrected chi connectivity index (χ1v) is 6.36. The molecule has 3 heteroatoms. The van der Waals surface area contributed by atoms with Crippen LogP contribution < -0.4 is 5.73 Å². The van der Waals surface area contributed by atoms with Crippen molar-refractivity contribution < 1.29 is 4.42 Å². The van der Waals surface area contributed by atoms with Crippen LogP contribution >= 0.6 is 22.6 Å². The van der Waals surface area contributed by atoms with Crippen LogP contribution in [0.4, 0.5) is 5.69 Å². The van der Waals surface area contributed by atoms with Crippen LogP contribution in [0, 0.1) is 3.57 Å². The van der Waals surface area contributed by atoms with Crippen LogP contribution in [-0.2, 0) is 0 Å². The second-order valence-electron chi connectivity index (χ2n) is 3.89. The van der Waals surface area contributed by atoms with Crippen LogP contribution in [0.3, 0.4) is 0 Å². The summed E-state index contributed by atoms with van der Waals surface area (Å²) in [4.78, 5) is 0. The Morgan fingerprint density at radius 3 is 2.65 bits per heavy atom. The average Bonchev–Trinajstić information content (AvgIpc) is 2.72. The van der Waals surface area contributed by atoms with Crippen molar-refractivity contribution in [3.05, 3.63) is 52.1 Å². The molecule has 2 nitrogen and oxygen atoms in total. The van der Waals surface area contributed by atoms with Crippen molar-refractivity contribution in [2.24, 2.45) is 0 Å². The predicted molar refractivity (Wildman–Crippen MR) is 78.8 cm³/mol. The van der Waals surface area contributed by atoms with E-state index in [1.165, 1.54) is 3.57 Å². The van der Waals surface area contributed by atoms with Gasteiger partial charge in [0.05, 0.1) is 0 Å². The van der Waals surface area contributed by atoms with Crippen LogP contribution in [0.15, 0.2) is 52.9 Å². The first-order chi connectivity index (χ1) is 8.24. The van der Waals surface area contributed by atoms with Gasteiger partial charge in [-0.05, 0) is 46.9 Å². The van der Waals surface area contributed by atoms with E-state index in [0.717, 1.165) is 28.0 Å². The molecule has 1 aromatic heterocycles. The van der Waals surface area contributed by atoms with E-state index in [-0.39, 0.29) is 0 Å². The monoisotopic (exact) mass is 335 g/mol. The Hall–Kier alpha value is -1.49. The second kappa shape index (κ2) is 4.07. The SMILES string of the molecule is Nc1ccc2cc(-c3ccccc3I)oc2c1. The Labute approximate surface area is 113 Å². The molecule has 0 amide bonds. The van der Waals surface area contributed by atoms with Crippen molar-refractivity contribution in [2.75, 3.05) is 5.73 Å². The summed E-state index contributed by atoms with van der Waals surface area (Å²) >= 11 is 2.31. The van der Waals surface area contributed by atoms with E-state index in [1.807, 2.05) is 36.4 Å². The first kappa shape index (κ1) is 10.7. The molecule has 0 atom stereocenters. The number of furan rings is 1. The molecule has 0 aliphatic rings. The van der Waals surface area contributed by atoms with E-state index < -0.39 is 0 Å². The van der Waals surface area contributed by atoms with Crippen molar-refractivity contribution in [3.8, 4) is 11.3 Å². The summed E-state index contributed by atoms with van der Waals surface area (Å²) in [5.41, 5.74) is 8.41.